The number of fused-ring (bicyclic) bond motifs is 1. The molecule has 3 rings (SSSR count). The van der Waals surface area contributed by atoms with Crippen LogP contribution in [0.15, 0.2) is 65.8 Å². The maximum absolute atomic E-state index is 12.4. The number of aromatic hydroxyl groups is 1. The molecule has 0 radical (unpaired) electrons. The summed E-state index contributed by atoms with van der Waals surface area (Å²) < 4.78 is 29.1. The Labute approximate surface area is 147 Å². The largest absolute Gasteiger partial charge is 0.507 e. The molecule has 132 valence electrons. The second-order valence-electron chi connectivity index (χ2n) is 5.33. The van der Waals surface area contributed by atoms with Gasteiger partial charge in [-0.05, 0) is 35.0 Å². The van der Waals surface area contributed by atoms with Gasteiger partial charge in [0.1, 0.15) is 11.5 Å². The molecule has 0 atom stereocenters. The van der Waals surface area contributed by atoms with E-state index in [0.717, 1.165) is 10.8 Å². The molecule has 0 spiro atoms. The number of ether oxygens (including phenoxy) is 1. The number of para-hydroxylation sites is 1. The fraction of sp³-hybridized carbons (Fsp3) is 0.0526. The number of nitrogens with one attached hydrogen (secondary N) is 1. The number of benzene rings is 3. The van der Waals surface area contributed by atoms with Crippen LogP contribution in [0.25, 0.3) is 10.8 Å². The molecule has 0 aliphatic rings. The number of hydrogen-bond donors (Lipinski definition) is 2. The Kier molecular flexibility index (Phi) is 5.07. The number of halogens is 2. The Bertz CT molecular complexity index is 974. The maximum Gasteiger partial charge on any atom is 0.387 e. The van der Waals surface area contributed by atoms with Crippen LogP contribution in [-0.4, -0.2) is 23.8 Å². The Balaban J connectivity index is 1.77. The molecule has 1 amide bonds. The molecule has 0 bridgehead atoms. The molecule has 3 aromatic rings. The highest BCUT2D eigenvalue weighted by atomic mass is 19.3. The molecule has 0 saturated carbocycles. The minimum absolute atomic E-state index is 0.0537. The molecule has 0 fully saturated rings. The number of amides is 1. The van der Waals surface area contributed by atoms with Crippen LogP contribution in [0, 0.1) is 0 Å². The van der Waals surface area contributed by atoms with Crippen molar-refractivity contribution >= 4 is 22.9 Å². The van der Waals surface area contributed by atoms with Crippen molar-refractivity contribution in [2.45, 2.75) is 6.61 Å². The number of rotatable bonds is 5. The van der Waals surface area contributed by atoms with Crippen molar-refractivity contribution < 1.29 is 23.4 Å². The molecule has 2 N–H and O–H groups in total. The summed E-state index contributed by atoms with van der Waals surface area (Å²) in [6, 6.07) is 16.3. The van der Waals surface area contributed by atoms with Gasteiger partial charge in [0.05, 0.1) is 11.8 Å². The molecule has 26 heavy (non-hydrogen) atoms. The van der Waals surface area contributed by atoms with E-state index >= 15 is 0 Å². The van der Waals surface area contributed by atoms with Gasteiger partial charge in [-0.25, -0.2) is 5.43 Å². The average molecular weight is 356 g/mol. The minimum atomic E-state index is -2.96. The SMILES string of the molecule is O=C(N/N=C\c1ccccc1OC(F)F)c1cc2ccccc2cc1O. The Morgan fingerprint density at radius 2 is 1.73 bits per heavy atom. The van der Waals surface area contributed by atoms with Gasteiger partial charge in [-0.15, -0.1) is 0 Å². The van der Waals surface area contributed by atoms with E-state index in [4.69, 9.17) is 0 Å². The van der Waals surface area contributed by atoms with Gasteiger partial charge in [0.2, 0.25) is 0 Å². The predicted octanol–water partition coefficient (Wildman–Crippen LogP) is 3.91. The first kappa shape index (κ1) is 17.3. The van der Waals surface area contributed by atoms with Crippen LogP contribution in [0.4, 0.5) is 8.78 Å². The predicted molar refractivity (Wildman–Crippen MR) is 93.7 cm³/mol. The summed E-state index contributed by atoms with van der Waals surface area (Å²) in [5.74, 6) is -0.872. The van der Waals surface area contributed by atoms with Gasteiger partial charge < -0.3 is 9.84 Å². The highest BCUT2D eigenvalue weighted by Gasteiger charge is 2.12. The van der Waals surface area contributed by atoms with E-state index in [1.165, 1.54) is 24.4 Å². The van der Waals surface area contributed by atoms with E-state index in [1.807, 2.05) is 24.3 Å². The third-order valence-corrected chi connectivity index (χ3v) is 3.61. The summed E-state index contributed by atoms with van der Waals surface area (Å²) >= 11 is 0. The second kappa shape index (κ2) is 7.60. The highest BCUT2D eigenvalue weighted by Crippen LogP contribution is 2.25. The topological polar surface area (TPSA) is 70.9 Å². The smallest absolute Gasteiger partial charge is 0.387 e. The van der Waals surface area contributed by atoms with Gasteiger partial charge in [-0.2, -0.15) is 13.9 Å². The van der Waals surface area contributed by atoms with Crippen LogP contribution in [0.2, 0.25) is 0 Å². The lowest BCUT2D eigenvalue weighted by Gasteiger charge is -2.07. The van der Waals surface area contributed by atoms with E-state index in [-0.39, 0.29) is 22.6 Å². The molecule has 3 aromatic carbocycles. The van der Waals surface area contributed by atoms with E-state index < -0.39 is 12.5 Å². The monoisotopic (exact) mass is 356 g/mol. The Morgan fingerprint density at radius 1 is 1.08 bits per heavy atom. The third-order valence-electron chi connectivity index (χ3n) is 3.61. The number of carbonyl (C=O) groups is 1. The molecule has 5 nitrogen and oxygen atoms in total. The zero-order valence-electron chi connectivity index (χ0n) is 13.4. The number of hydrazone groups is 1. The van der Waals surface area contributed by atoms with Crippen molar-refractivity contribution in [3.8, 4) is 11.5 Å². The number of phenols is 1. The average Bonchev–Trinajstić information content (AvgIpc) is 2.62. The Hall–Kier alpha value is -3.48. The van der Waals surface area contributed by atoms with E-state index in [9.17, 15) is 18.7 Å². The first-order chi connectivity index (χ1) is 12.5. The van der Waals surface area contributed by atoms with Crippen LogP contribution in [-0.2, 0) is 0 Å². The minimum Gasteiger partial charge on any atom is -0.507 e. The molecular formula is C19H14F2N2O3. The Morgan fingerprint density at radius 3 is 2.46 bits per heavy atom. The fourth-order valence-corrected chi connectivity index (χ4v) is 2.42. The van der Waals surface area contributed by atoms with Crippen molar-refractivity contribution in [3.05, 3.63) is 71.8 Å². The molecular weight excluding hydrogens is 342 g/mol. The number of carbonyl (C=O) groups excluding carboxylic acids is 1. The number of alkyl halides is 2. The zero-order chi connectivity index (χ0) is 18.5. The van der Waals surface area contributed by atoms with Gasteiger partial charge in [0, 0.05) is 5.56 Å². The number of hydrogen-bond acceptors (Lipinski definition) is 4. The standard InChI is InChI=1S/C19H14F2N2O3/c20-19(21)26-17-8-4-3-7-14(17)11-22-23-18(25)15-9-12-5-1-2-6-13(12)10-16(15)24/h1-11,19,24H,(H,23,25)/b22-11-. The second-order valence-corrected chi connectivity index (χ2v) is 5.33. The van der Waals surface area contributed by atoms with Gasteiger partial charge >= 0.3 is 6.61 Å². The number of nitrogens with zero attached hydrogens (tertiary/aromatic N) is 1. The molecule has 0 heterocycles. The summed E-state index contributed by atoms with van der Waals surface area (Å²) in [5, 5.41) is 15.4. The number of phenolic OH excluding ortho intramolecular Hbond substituents is 1. The molecule has 7 heteroatoms. The normalized spacial score (nSPS) is 11.2. The fourth-order valence-electron chi connectivity index (χ4n) is 2.42. The van der Waals surface area contributed by atoms with E-state index in [0.29, 0.717) is 0 Å². The lowest BCUT2D eigenvalue weighted by molar-refractivity contribution is -0.0499. The van der Waals surface area contributed by atoms with Gasteiger partial charge in [-0.3, -0.25) is 4.79 Å². The molecule has 0 unspecified atom stereocenters. The summed E-state index contributed by atoms with van der Waals surface area (Å²) in [7, 11) is 0. The summed E-state index contributed by atoms with van der Waals surface area (Å²) in [6.07, 6.45) is 1.19. The van der Waals surface area contributed by atoms with Gasteiger partial charge in [0.15, 0.2) is 0 Å². The van der Waals surface area contributed by atoms with Gasteiger partial charge in [-0.1, -0.05) is 36.4 Å². The quantitative estimate of drug-likeness (QED) is 0.538. The maximum atomic E-state index is 12.4. The lowest BCUT2D eigenvalue weighted by atomic mass is 10.1. The van der Waals surface area contributed by atoms with Crippen molar-refractivity contribution in [1.29, 1.82) is 0 Å². The van der Waals surface area contributed by atoms with Crippen LogP contribution in [0.3, 0.4) is 0 Å². The van der Waals surface area contributed by atoms with Crippen molar-refractivity contribution in [2.75, 3.05) is 0 Å². The van der Waals surface area contributed by atoms with Crippen LogP contribution in [0.5, 0.6) is 11.5 Å². The van der Waals surface area contributed by atoms with Crippen LogP contribution < -0.4 is 10.2 Å². The zero-order valence-corrected chi connectivity index (χ0v) is 13.4. The third kappa shape index (κ3) is 3.94. The molecule has 0 aliphatic heterocycles. The molecule has 0 aromatic heterocycles. The molecule has 0 saturated heterocycles. The van der Waals surface area contributed by atoms with Crippen LogP contribution in [0.1, 0.15) is 15.9 Å². The first-order valence-corrected chi connectivity index (χ1v) is 7.63. The van der Waals surface area contributed by atoms with E-state index in [2.05, 4.69) is 15.3 Å². The van der Waals surface area contributed by atoms with Crippen molar-refractivity contribution in [1.82, 2.24) is 5.43 Å². The highest BCUT2D eigenvalue weighted by molar-refractivity contribution is 6.01. The van der Waals surface area contributed by atoms with E-state index in [1.54, 1.807) is 18.2 Å². The lowest BCUT2D eigenvalue weighted by Crippen LogP contribution is -2.18. The summed E-state index contributed by atoms with van der Waals surface area (Å²) in [6.45, 7) is -2.96. The molecule has 0 aliphatic carbocycles. The summed E-state index contributed by atoms with van der Waals surface area (Å²) in [4.78, 5) is 12.2. The summed E-state index contributed by atoms with van der Waals surface area (Å²) in [5.41, 5.74) is 2.59. The van der Waals surface area contributed by atoms with Crippen molar-refractivity contribution in [2.24, 2.45) is 5.10 Å². The van der Waals surface area contributed by atoms with Crippen molar-refractivity contribution in [3.63, 3.8) is 0 Å². The first-order valence-electron chi connectivity index (χ1n) is 7.63. The van der Waals surface area contributed by atoms with Crippen LogP contribution >= 0.6 is 0 Å². The van der Waals surface area contributed by atoms with Gasteiger partial charge in [0.25, 0.3) is 5.91 Å².